The van der Waals surface area contributed by atoms with E-state index in [1.807, 2.05) is 18.2 Å². The molecule has 0 aliphatic carbocycles. The van der Waals surface area contributed by atoms with Gasteiger partial charge < -0.3 is 5.32 Å². The first-order chi connectivity index (χ1) is 6.24. The second kappa shape index (κ2) is 2.73. The lowest BCUT2D eigenvalue weighted by atomic mass is 10.00. The van der Waals surface area contributed by atoms with Crippen molar-refractivity contribution in [3.05, 3.63) is 35.9 Å². The predicted octanol–water partition coefficient (Wildman–Crippen LogP) is 2.21. The zero-order valence-electron chi connectivity index (χ0n) is 7.55. The van der Waals surface area contributed by atoms with Gasteiger partial charge in [-0.3, -0.25) is 4.79 Å². The minimum absolute atomic E-state index is 0.0732. The van der Waals surface area contributed by atoms with Crippen LogP contribution in [0, 0.1) is 0 Å². The van der Waals surface area contributed by atoms with Gasteiger partial charge in [0.05, 0.1) is 0 Å². The minimum Gasteiger partial charge on any atom is -0.321 e. The molecule has 0 aromatic heterocycles. The molecule has 0 saturated heterocycles. The van der Waals surface area contributed by atoms with Crippen LogP contribution in [-0.4, -0.2) is 5.91 Å². The summed E-state index contributed by atoms with van der Waals surface area (Å²) in [6.07, 6.45) is 0.928. The molecule has 2 rings (SSSR count). The van der Waals surface area contributed by atoms with E-state index in [1.54, 1.807) is 0 Å². The molecule has 1 amide bonds. The first-order valence-electron chi connectivity index (χ1n) is 4.36. The van der Waals surface area contributed by atoms with Crippen molar-refractivity contribution in [3.63, 3.8) is 0 Å². The summed E-state index contributed by atoms with van der Waals surface area (Å²) in [5, 5.41) is 2.78. The van der Waals surface area contributed by atoms with Gasteiger partial charge >= 0.3 is 0 Å². The highest BCUT2D eigenvalue weighted by Gasteiger charge is 2.23. The van der Waals surface area contributed by atoms with Gasteiger partial charge in [0.25, 0.3) is 5.91 Å². The third-order valence-electron chi connectivity index (χ3n) is 2.36. The second-order valence-electron chi connectivity index (χ2n) is 3.13. The van der Waals surface area contributed by atoms with Gasteiger partial charge in [-0.2, -0.15) is 0 Å². The summed E-state index contributed by atoms with van der Waals surface area (Å²) < 4.78 is 0. The number of anilines is 1. The van der Waals surface area contributed by atoms with Crippen LogP contribution in [0.15, 0.2) is 24.8 Å². The molecule has 1 aromatic carbocycles. The Labute approximate surface area is 77.3 Å². The van der Waals surface area contributed by atoms with Gasteiger partial charge in [-0.1, -0.05) is 25.6 Å². The van der Waals surface area contributed by atoms with Gasteiger partial charge in [-0.15, -0.1) is 0 Å². The molecule has 0 atom stereocenters. The van der Waals surface area contributed by atoms with Crippen molar-refractivity contribution in [3.8, 4) is 0 Å². The molecule has 0 unspecified atom stereocenters. The number of rotatable bonds is 1. The molecular weight excluding hydrogens is 162 g/mol. The van der Waals surface area contributed by atoms with Crippen LogP contribution in [0.5, 0.6) is 0 Å². The van der Waals surface area contributed by atoms with E-state index in [-0.39, 0.29) is 5.91 Å². The molecule has 66 valence electrons. The fourth-order valence-electron chi connectivity index (χ4n) is 1.67. The number of hydrogen-bond donors (Lipinski definition) is 1. The minimum atomic E-state index is -0.0732. The SMILES string of the molecule is C=C1C(=O)Nc2cccc(CC)c21. The average Bonchev–Trinajstić information content (AvgIpc) is 2.43. The molecular formula is C11H11NO. The number of benzene rings is 1. The van der Waals surface area contributed by atoms with Crippen LogP contribution >= 0.6 is 0 Å². The number of aryl methyl sites for hydroxylation is 1. The van der Waals surface area contributed by atoms with Crippen molar-refractivity contribution >= 4 is 17.2 Å². The van der Waals surface area contributed by atoms with Crippen molar-refractivity contribution in [2.24, 2.45) is 0 Å². The molecule has 1 aromatic rings. The Bertz CT molecular complexity index is 393. The summed E-state index contributed by atoms with van der Waals surface area (Å²) in [5.74, 6) is -0.0732. The van der Waals surface area contributed by atoms with E-state index >= 15 is 0 Å². The molecule has 1 heterocycles. The first-order valence-corrected chi connectivity index (χ1v) is 4.36. The second-order valence-corrected chi connectivity index (χ2v) is 3.13. The number of fused-ring (bicyclic) bond motifs is 1. The van der Waals surface area contributed by atoms with Crippen LogP contribution in [0.1, 0.15) is 18.1 Å². The van der Waals surface area contributed by atoms with E-state index < -0.39 is 0 Å². The lowest BCUT2D eigenvalue weighted by Gasteiger charge is -2.03. The maximum absolute atomic E-state index is 11.3. The largest absolute Gasteiger partial charge is 0.321 e. The van der Waals surface area contributed by atoms with Crippen molar-refractivity contribution in [1.29, 1.82) is 0 Å². The van der Waals surface area contributed by atoms with Gasteiger partial charge in [0.1, 0.15) is 0 Å². The van der Waals surface area contributed by atoms with Crippen molar-refractivity contribution in [2.75, 3.05) is 5.32 Å². The first kappa shape index (κ1) is 8.05. The summed E-state index contributed by atoms with van der Waals surface area (Å²) in [4.78, 5) is 11.3. The van der Waals surface area contributed by atoms with Crippen LogP contribution in [-0.2, 0) is 11.2 Å². The molecule has 2 nitrogen and oxygen atoms in total. The fourth-order valence-corrected chi connectivity index (χ4v) is 1.67. The van der Waals surface area contributed by atoms with E-state index in [0.29, 0.717) is 5.57 Å². The van der Waals surface area contributed by atoms with E-state index in [0.717, 1.165) is 17.7 Å². The Hall–Kier alpha value is -1.57. The highest BCUT2D eigenvalue weighted by Crippen LogP contribution is 2.33. The van der Waals surface area contributed by atoms with Crippen LogP contribution in [0.25, 0.3) is 5.57 Å². The highest BCUT2D eigenvalue weighted by molar-refractivity contribution is 6.31. The summed E-state index contributed by atoms with van der Waals surface area (Å²) in [7, 11) is 0. The smallest absolute Gasteiger partial charge is 0.255 e. The molecule has 2 heteroatoms. The Balaban J connectivity index is 2.64. The molecule has 1 aliphatic rings. The Morgan fingerprint density at radius 1 is 1.46 bits per heavy atom. The van der Waals surface area contributed by atoms with E-state index in [2.05, 4.69) is 18.8 Å². The lowest BCUT2D eigenvalue weighted by Crippen LogP contribution is -2.02. The number of carbonyl (C=O) groups is 1. The molecule has 0 fully saturated rings. The van der Waals surface area contributed by atoms with Crippen molar-refractivity contribution in [2.45, 2.75) is 13.3 Å². The maximum atomic E-state index is 11.3. The molecule has 0 bridgehead atoms. The summed E-state index contributed by atoms with van der Waals surface area (Å²) in [5.41, 5.74) is 3.66. The van der Waals surface area contributed by atoms with Gasteiger partial charge in [-0.25, -0.2) is 0 Å². The number of nitrogens with one attached hydrogen (secondary N) is 1. The quantitative estimate of drug-likeness (QED) is 0.648. The van der Waals surface area contributed by atoms with E-state index in [1.165, 1.54) is 5.56 Å². The zero-order chi connectivity index (χ0) is 9.42. The standard InChI is InChI=1S/C11H11NO/c1-3-8-5-4-6-9-10(8)7(2)11(13)12-9/h4-6H,2-3H2,1H3,(H,12,13). The van der Waals surface area contributed by atoms with Gasteiger partial charge in [0.2, 0.25) is 0 Å². The van der Waals surface area contributed by atoms with Crippen LogP contribution in [0.3, 0.4) is 0 Å². The summed E-state index contributed by atoms with van der Waals surface area (Å²) in [6, 6.07) is 5.89. The molecule has 0 spiro atoms. The molecule has 13 heavy (non-hydrogen) atoms. The molecule has 0 radical (unpaired) electrons. The summed E-state index contributed by atoms with van der Waals surface area (Å²) >= 11 is 0. The van der Waals surface area contributed by atoms with Crippen molar-refractivity contribution < 1.29 is 4.79 Å². The Morgan fingerprint density at radius 2 is 2.23 bits per heavy atom. The van der Waals surface area contributed by atoms with E-state index in [4.69, 9.17) is 0 Å². The van der Waals surface area contributed by atoms with E-state index in [9.17, 15) is 4.79 Å². The Morgan fingerprint density at radius 3 is 2.92 bits per heavy atom. The highest BCUT2D eigenvalue weighted by atomic mass is 16.1. The fraction of sp³-hybridized carbons (Fsp3) is 0.182. The topological polar surface area (TPSA) is 29.1 Å². The lowest BCUT2D eigenvalue weighted by molar-refractivity contribution is -0.110. The predicted molar refractivity (Wildman–Crippen MR) is 53.5 cm³/mol. The summed E-state index contributed by atoms with van der Waals surface area (Å²) in [6.45, 7) is 5.85. The number of carbonyl (C=O) groups excluding carboxylic acids is 1. The maximum Gasteiger partial charge on any atom is 0.255 e. The third-order valence-corrected chi connectivity index (χ3v) is 2.36. The van der Waals surface area contributed by atoms with Gasteiger partial charge in [0.15, 0.2) is 0 Å². The van der Waals surface area contributed by atoms with Crippen molar-refractivity contribution in [1.82, 2.24) is 0 Å². The van der Waals surface area contributed by atoms with Crippen LogP contribution in [0.4, 0.5) is 5.69 Å². The van der Waals surface area contributed by atoms with Crippen LogP contribution in [0.2, 0.25) is 0 Å². The van der Waals surface area contributed by atoms with Gasteiger partial charge in [-0.05, 0) is 18.1 Å². The normalized spacial score (nSPS) is 14.2. The van der Waals surface area contributed by atoms with Gasteiger partial charge in [0, 0.05) is 16.8 Å². The molecule has 0 saturated carbocycles. The Kier molecular flexibility index (Phi) is 1.69. The monoisotopic (exact) mass is 173 g/mol. The van der Waals surface area contributed by atoms with Crippen LogP contribution < -0.4 is 5.32 Å². The number of hydrogen-bond acceptors (Lipinski definition) is 1. The number of amides is 1. The third kappa shape index (κ3) is 1.06. The molecule has 1 aliphatic heterocycles. The average molecular weight is 173 g/mol. The zero-order valence-corrected chi connectivity index (χ0v) is 7.55. The molecule has 1 N–H and O–H groups in total.